The summed E-state index contributed by atoms with van der Waals surface area (Å²) < 4.78 is 0. The third-order valence-electron chi connectivity index (χ3n) is 8.05. The highest BCUT2D eigenvalue weighted by Gasteiger charge is 2.27. The van der Waals surface area contributed by atoms with Gasteiger partial charge in [0.15, 0.2) is 5.82 Å². The van der Waals surface area contributed by atoms with Crippen molar-refractivity contribution in [3.8, 4) is 0 Å². The van der Waals surface area contributed by atoms with Gasteiger partial charge in [-0.1, -0.05) is 91.7 Å². The fourth-order valence-electron chi connectivity index (χ4n) is 5.42. The number of nitrogens with one attached hydrogen (secondary N) is 2. The summed E-state index contributed by atoms with van der Waals surface area (Å²) in [5.41, 5.74) is 16.8. The van der Waals surface area contributed by atoms with Gasteiger partial charge in [0.1, 0.15) is 11.7 Å². The maximum Gasteiger partial charge on any atom is 0.171 e. The molecule has 3 aromatic rings. The number of hydrogen-bond acceptors (Lipinski definition) is 6. The van der Waals surface area contributed by atoms with Crippen molar-refractivity contribution in [1.29, 1.82) is 0 Å². The summed E-state index contributed by atoms with van der Waals surface area (Å²) in [5, 5.41) is 14.4. The Morgan fingerprint density at radius 3 is 2.35 bits per heavy atom. The van der Waals surface area contributed by atoms with Gasteiger partial charge >= 0.3 is 0 Å². The first-order valence-electron chi connectivity index (χ1n) is 14.7. The number of aromatic amines is 1. The molecule has 2 atom stereocenters. The van der Waals surface area contributed by atoms with Crippen molar-refractivity contribution >= 4 is 41.2 Å². The van der Waals surface area contributed by atoms with Gasteiger partial charge in [0.05, 0.1) is 17.0 Å². The molecule has 43 heavy (non-hydrogen) atoms. The number of rotatable bonds is 9. The highest BCUT2D eigenvalue weighted by Crippen LogP contribution is 2.26. The molecule has 0 bridgehead atoms. The van der Waals surface area contributed by atoms with Crippen molar-refractivity contribution in [2.24, 2.45) is 28.3 Å². The molecule has 1 aliphatic heterocycles. The number of aryl methyl sites for hydroxylation is 1. The third-order valence-corrected chi connectivity index (χ3v) is 8.78. The molecule has 10 heteroatoms. The van der Waals surface area contributed by atoms with E-state index in [-0.39, 0.29) is 12.0 Å². The van der Waals surface area contributed by atoms with Gasteiger partial charge in [-0.25, -0.2) is 4.99 Å². The van der Waals surface area contributed by atoms with E-state index in [0.717, 1.165) is 47.0 Å². The van der Waals surface area contributed by atoms with E-state index in [1.165, 1.54) is 0 Å². The smallest absolute Gasteiger partial charge is 0.171 e. The minimum Gasteiger partial charge on any atom is -0.386 e. The van der Waals surface area contributed by atoms with Gasteiger partial charge < -0.3 is 26.6 Å². The molecule has 2 unspecified atom stereocenters. The van der Waals surface area contributed by atoms with Gasteiger partial charge in [-0.15, -0.1) is 0 Å². The maximum absolute atomic E-state index is 7.15. The number of H-pyrrole nitrogens is 1. The Kier molecular flexibility index (Phi) is 9.80. The molecule has 1 fully saturated rings. The zero-order chi connectivity index (χ0) is 30.5. The van der Waals surface area contributed by atoms with E-state index in [4.69, 9.17) is 39.7 Å². The summed E-state index contributed by atoms with van der Waals surface area (Å²) in [6, 6.07) is 15.9. The molecule has 0 radical (unpaired) electrons. The molecular formula is C33H40Cl2N8. The molecule has 0 amide bonds. The van der Waals surface area contributed by atoms with E-state index in [2.05, 4.69) is 45.2 Å². The molecule has 6 N–H and O–H groups in total. The Morgan fingerprint density at radius 2 is 1.72 bits per heavy atom. The molecule has 1 aromatic heterocycles. The average molecular weight is 620 g/mol. The summed E-state index contributed by atoms with van der Waals surface area (Å²) in [7, 11) is 0. The molecule has 8 nitrogen and oxygen atoms in total. The first-order chi connectivity index (χ1) is 20.7. The van der Waals surface area contributed by atoms with Crippen LogP contribution in [0.1, 0.15) is 30.7 Å². The van der Waals surface area contributed by atoms with Gasteiger partial charge in [-0.3, -0.25) is 5.10 Å². The summed E-state index contributed by atoms with van der Waals surface area (Å²) in [6.07, 6.45) is 8.13. The molecule has 1 aliphatic carbocycles. The van der Waals surface area contributed by atoms with E-state index in [0.29, 0.717) is 46.5 Å². The number of fused-ring (bicyclic) bond motifs is 1. The molecule has 0 spiro atoms. The Morgan fingerprint density at radius 1 is 1.07 bits per heavy atom. The van der Waals surface area contributed by atoms with Crippen LogP contribution in [0.2, 0.25) is 10.0 Å². The van der Waals surface area contributed by atoms with Gasteiger partial charge in [-0.05, 0) is 42.2 Å². The number of piperazine rings is 1. The summed E-state index contributed by atoms with van der Waals surface area (Å²) in [6.45, 7) is 9.66. The fourth-order valence-corrected chi connectivity index (χ4v) is 5.81. The van der Waals surface area contributed by atoms with E-state index >= 15 is 0 Å². The molecular weight excluding hydrogens is 579 g/mol. The zero-order valence-corrected chi connectivity index (χ0v) is 26.4. The Hall–Kier alpha value is -3.72. The van der Waals surface area contributed by atoms with Gasteiger partial charge in [0, 0.05) is 54.0 Å². The molecule has 2 aromatic carbocycles. The number of hydrogen-bond donors (Lipinski definition) is 4. The molecule has 0 saturated carbocycles. The van der Waals surface area contributed by atoms with Gasteiger partial charge in [-0.2, -0.15) is 5.10 Å². The van der Waals surface area contributed by atoms with Crippen LogP contribution < -0.4 is 27.4 Å². The molecule has 2 aliphatic rings. The predicted molar refractivity (Wildman–Crippen MR) is 177 cm³/mol. The number of aromatic nitrogens is 2. The van der Waals surface area contributed by atoms with E-state index in [9.17, 15) is 0 Å². The molecule has 5 rings (SSSR count). The van der Waals surface area contributed by atoms with Gasteiger partial charge in [0.2, 0.25) is 0 Å². The quantitative estimate of drug-likeness (QED) is 0.214. The second-order valence-corrected chi connectivity index (χ2v) is 12.2. The van der Waals surface area contributed by atoms with Crippen LogP contribution >= 0.6 is 23.2 Å². The number of aliphatic imine (C=N–C) groups is 1. The Bertz CT molecular complexity index is 1610. The molecule has 1 saturated heterocycles. The van der Waals surface area contributed by atoms with Crippen LogP contribution in [-0.4, -0.2) is 51.5 Å². The van der Waals surface area contributed by atoms with Crippen molar-refractivity contribution in [2.45, 2.75) is 39.9 Å². The van der Waals surface area contributed by atoms with Crippen LogP contribution in [0.5, 0.6) is 0 Å². The number of nitrogens with two attached hydrogens (primary N) is 2. The van der Waals surface area contributed by atoms with Crippen LogP contribution in [0.15, 0.2) is 77.3 Å². The lowest BCUT2D eigenvalue weighted by atomic mass is 10.0. The van der Waals surface area contributed by atoms with Crippen LogP contribution in [-0.2, 0) is 13.1 Å². The first-order valence-corrected chi connectivity index (χ1v) is 15.4. The van der Waals surface area contributed by atoms with Gasteiger partial charge in [0.25, 0.3) is 0 Å². The fraction of sp³-hybridized carbons (Fsp3) is 0.333. The normalized spacial score (nSPS) is 19.3. The zero-order valence-electron chi connectivity index (χ0n) is 24.9. The summed E-state index contributed by atoms with van der Waals surface area (Å²) in [5.74, 6) is 1.80. The monoisotopic (exact) mass is 618 g/mol. The molecule has 2 heterocycles. The Balaban J connectivity index is 1.61. The lowest BCUT2D eigenvalue weighted by Gasteiger charge is -2.39. The number of benzene rings is 2. The van der Waals surface area contributed by atoms with Crippen molar-refractivity contribution in [2.75, 3.05) is 19.6 Å². The van der Waals surface area contributed by atoms with Crippen molar-refractivity contribution in [1.82, 2.24) is 25.3 Å². The van der Waals surface area contributed by atoms with E-state index in [1.54, 1.807) is 0 Å². The van der Waals surface area contributed by atoms with E-state index < -0.39 is 0 Å². The number of amidine groups is 1. The van der Waals surface area contributed by atoms with Crippen LogP contribution in [0.3, 0.4) is 0 Å². The SMILES string of the molecule is Cc1n[nH]c2c1=CC(/C(N)=N/C(=C(\N)N(Cc1ccccc1Cl)Cc1ccccc1Cl)N1CCNC(C(C)C)C1)C=CC=2. The predicted octanol–water partition coefficient (Wildman–Crippen LogP) is 3.85. The van der Waals surface area contributed by atoms with Crippen LogP contribution in [0.25, 0.3) is 12.2 Å². The van der Waals surface area contributed by atoms with Crippen LogP contribution in [0, 0.1) is 18.8 Å². The number of nitrogens with zero attached hydrogens (tertiary/aromatic N) is 4. The molecule has 226 valence electrons. The highest BCUT2D eigenvalue weighted by atomic mass is 35.5. The highest BCUT2D eigenvalue weighted by molar-refractivity contribution is 6.31. The third kappa shape index (κ3) is 7.26. The van der Waals surface area contributed by atoms with Crippen molar-refractivity contribution in [3.63, 3.8) is 0 Å². The number of halogens is 2. The minimum atomic E-state index is -0.235. The first kappa shape index (κ1) is 30.7. The summed E-state index contributed by atoms with van der Waals surface area (Å²) in [4.78, 5) is 9.44. The largest absolute Gasteiger partial charge is 0.386 e. The second-order valence-electron chi connectivity index (χ2n) is 11.4. The topological polar surface area (TPSA) is 112 Å². The van der Waals surface area contributed by atoms with E-state index in [1.807, 2.05) is 73.7 Å². The second kappa shape index (κ2) is 13.7. The maximum atomic E-state index is 7.15. The Labute approximate surface area is 263 Å². The van der Waals surface area contributed by atoms with Crippen molar-refractivity contribution in [3.05, 3.63) is 110 Å². The van der Waals surface area contributed by atoms with Crippen molar-refractivity contribution < 1.29 is 0 Å². The van der Waals surface area contributed by atoms with Crippen LogP contribution in [0.4, 0.5) is 0 Å². The lowest BCUT2D eigenvalue weighted by molar-refractivity contribution is 0.200. The minimum absolute atomic E-state index is 0.235. The lowest BCUT2D eigenvalue weighted by Crippen LogP contribution is -2.53. The average Bonchev–Trinajstić information content (AvgIpc) is 3.20. The number of allylic oxidation sites excluding steroid dienone is 1. The summed E-state index contributed by atoms with van der Waals surface area (Å²) >= 11 is 13.3. The standard InChI is InChI=1S/C33H40Cl2N8/c1-21(2)30-20-42(16-15-38-30)33(39-31(36)23-11-8-14-29-26(17-23)22(3)40-41-29)32(37)43(18-24-9-4-6-12-27(24)34)19-25-10-5-7-13-28(25)35/h4-14,17,21,23,30,38,41H,15-16,18-20,37H2,1-3H3,(H2,36,39)/b33-32-.